The molecule has 2 amide bonds. The smallest absolute Gasteiger partial charge is 0.269 e. The van der Waals surface area contributed by atoms with Gasteiger partial charge < -0.3 is 10.6 Å². The van der Waals surface area contributed by atoms with Crippen LogP contribution in [0.5, 0.6) is 0 Å². The number of non-ortho nitro benzene ring substituents is 1. The first-order valence-corrected chi connectivity index (χ1v) is 9.85. The number of aryl methyl sites for hydroxylation is 1. The molecule has 0 bridgehead atoms. The van der Waals surface area contributed by atoms with Gasteiger partial charge in [0.2, 0.25) is 11.8 Å². The number of nitrogens with one attached hydrogen (secondary N) is 2. The minimum Gasteiger partial charge on any atom is -0.325 e. The lowest BCUT2D eigenvalue weighted by Crippen LogP contribution is -2.50. The van der Waals surface area contributed by atoms with Gasteiger partial charge in [-0.3, -0.25) is 29.5 Å². The summed E-state index contributed by atoms with van der Waals surface area (Å²) in [6.45, 7) is 4.68. The molecular formula is C21H24FN5O4. The Morgan fingerprint density at radius 3 is 2.03 bits per heavy atom. The van der Waals surface area contributed by atoms with Crippen LogP contribution in [-0.4, -0.2) is 65.8 Å². The summed E-state index contributed by atoms with van der Waals surface area (Å²) in [6, 6.07) is 9.91. The Balaban J connectivity index is 1.41. The van der Waals surface area contributed by atoms with E-state index in [4.69, 9.17) is 0 Å². The van der Waals surface area contributed by atoms with Crippen molar-refractivity contribution < 1.29 is 18.9 Å². The third-order valence-corrected chi connectivity index (χ3v) is 5.02. The Morgan fingerprint density at radius 2 is 1.52 bits per heavy atom. The average Bonchev–Trinajstić information content (AvgIpc) is 2.72. The van der Waals surface area contributed by atoms with Crippen molar-refractivity contribution >= 4 is 28.9 Å². The Hall–Kier alpha value is -3.37. The lowest BCUT2D eigenvalue weighted by atomic mass is 10.2. The first-order chi connectivity index (χ1) is 14.8. The van der Waals surface area contributed by atoms with Gasteiger partial charge in [0, 0.05) is 49.7 Å². The van der Waals surface area contributed by atoms with Gasteiger partial charge in [-0.15, -0.1) is 0 Å². The number of piperazine rings is 1. The number of carbonyl (C=O) groups is 2. The van der Waals surface area contributed by atoms with Crippen molar-refractivity contribution in [2.75, 3.05) is 49.9 Å². The van der Waals surface area contributed by atoms with Crippen LogP contribution < -0.4 is 10.6 Å². The van der Waals surface area contributed by atoms with Crippen molar-refractivity contribution in [1.82, 2.24) is 9.80 Å². The van der Waals surface area contributed by atoms with Gasteiger partial charge in [0.25, 0.3) is 5.69 Å². The zero-order valence-electron chi connectivity index (χ0n) is 17.1. The minimum absolute atomic E-state index is 0.0184. The standard InChI is InChI=1S/C21H24FN5O4/c1-15-12-18(27(30)31)6-7-19(15)24-21(29)14-26-10-8-25(9-11-26)13-20(28)23-17-4-2-16(22)3-5-17/h2-7,12H,8-11,13-14H2,1H3,(H,23,28)(H,24,29). The largest absolute Gasteiger partial charge is 0.325 e. The van der Waals surface area contributed by atoms with Crippen LogP contribution in [0.4, 0.5) is 21.5 Å². The molecule has 164 valence electrons. The molecule has 0 saturated carbocycles. The number of hydrogen-bond donors (Lipinski definition) is 2. The summed E-state index contributed by atoms with van der Waals surface area (Å²) in [7, 11) is 0. The second-order valence-corrected chi connectivity index (χ2v) is 7.41. The highest BCUT2D eigenvalue weighted by atomic mass is 19.1. The highest BCUT2D eigenvalue weighted by Gasteiger charge is 2.21. The van der Waals surface area contributed by atoms with Gasteiger partial charge in [-0.05, 0) is 42.8 Å². The molecule has 10 heteroatoms. The molecule has 2 aromatic carbocycles. The number of halogens is 1. The van der Waals surface area contributed by atoms with Crippen LogP contribution in [0.3, 0.4) is 0 Å². The van der Waals surface area contributed by atoms with Crippen LogP contribution in [0.1, 0.15) is 5.56 Å². The molecule has 0 spiro atoms. The Labute approximate surface area is 179 Å². The van der Waals surface area contributed by atoms with Crippen LogP contribution in [0, 0.1) is 22.9 Å². The molecule has 0 atom stereocenters. The first-order valence-electron chi connectivity index (χ1n) is 9.85. The monoisotopic (exact) mass is 429 g/mol. The van der Waals surface area contributed by atoms with Gasteiger partial charge in [-0.2, -0.15) is 0 Å². The van der Waals surface area contributed by atoms with Crippen molar-refractivity contribution in [3.8, 4) is 0 Å². The summed E-state index contributed by atoms with van der Waals surface area (Å²) >= 11 is 0. The number of benzene rings is 2. The predicted molar refractivity (Wildman–Crippen MR) is 114 cm³/mol. The number of rotatable bonds is 7. The van der Waals surface area contributed by atoms with Crippen molar-refractivity contribution in [1.29, 1.82) is 0 Å². The zero-order valence-corrected chi connectivity index (χ0v) is 17.1. The molecular weight excluding hydrogens is 405 g/mol. The van der Waals surface area contributed by atoms with Gasteiger partial charge in [0.05, 0.1) is 18.0 Å². The van der Waals surface area contributed by atoms with E-state index in [9.17, 15) is 24.1 Å². The summed E-state index contributed by atoms with van der Waals surface area (Å²) in [5, 5.41) is 16.3. The SMILES string of the molecule is Cc1cc([N+](=O)[O-])ccc1NC(=O)CN1CCN(CC(=O)Nc2ccc(F)cc2)CC1. The lowest BCUT2D eigenvalue weighted by molar-refractivity contribution is -0.384. The second kappa shape index (κ2) is 10.1. The molecule has 0 aliphatic carbocycles. The molecule has 9 nitrogen and oxygen atoms in total. The number of amides is 2. The highest BCUT2D eigenvalue weighted by molar-refractivity contribution is 5.93. The summed E-state index contributed by atoms with van der Waals surface area (Å²) in [6.07, 6.45) is 0. The molecule has 2 N–H and O–H groups in total. The average molecular weight is 429 g/mol. The van der Waals surface area contributed by atoms with Crippen LogP contribution in [0.15, 0.2) is 42.5 Å². The van der Waals surface area contributed by atoms with Gasteiger partial charge in [-0.25, -0.2) is 4.39 Å². The quantitative estimate of drug-likeness (QED) is 0.516. The Kier molecular flexibility index (Phi) is 7.27. The van der Waals surface area contributed by atoms with E-state index in [0.29, 0.717) is 43.1 Å². The van der Waals surface area contributed by atoms with Crippen LogP contribution in [0.2, 0.25) is 0 Å². The maximum absolute atomic E-state index is 12.9. The van der Waals surface area contributed by atoms with E-state index in [-0.39, 0.29) is 36.4 Å². The maximum Gasteiger partial charge on any atom is 0.269 e. The number of anilines is 2. The third kappa shape index (κ3) is 6.56. The molecule has 1 aliphatic rings. The Morgan fingerprint density at radius 1 is 0.968 bits per heavy atom. The number of carbonyl (C=O) groups excluding carboxylic acids is 2. The molecule has 1 aliphatic heterocycles. The van der Waals surface area contributed by atoms with Gasteiger partial charge in [0.1, 0.15) is 5.82 Å². The number of hydrogen-bond acceptors (Lipinski definition) is 6. The molecule has 31 heavy (non-hydrogen) atoms. The van der Waals surface area contributed by atoms with E-state index in [1.807, 2.05) is 9.80 Å². The molecule has 0 aromatic heterocycles. The summed E-state index contributed by atoms with van der Waals surface area (Å²) in [5.41, 5.74) is 1.70. The normalized spacial score (nSPS) is 14.8. The molecule has 2 aromatic rings. The summed E-state index contributed by atoms with van der Waals surface area (Å²) in [4.78, 5) is 38.8. The number of nitro groups is 1. The summed E-state index contributed by atoms with van der Waals surface area (Å²) in [5.74, 6) is -0.729. The fourth-order valence-corrected chi connectivity index (χ4v) is 3.34. The molecule has 0 radical (unpaired) electrons. The second-order valence-electron chi connectivity index (χ2n) is 7.41. The molecule has 1 saturated heterocycles. The predicted octanol–water partition coefficient (Wildman–Crippen LogP) is 2.24. The van der Waals surface area contributed by atoms with Crippen molar-refractivity contribution in [3.05, 3.63) is 64.0 Å². The van der Waals surface area contributed by atoms with E-state index in [1.54, 1.807) is 6.92 Å². The molecule has 3 rings (SSSR count). The van der Waals surface area contributed by atoms with Crippen molar-refractivity contribution in [2.24, 2.45) is 0 Å². The zero-order chi connectivity index (χ0) is 22.4. The molecule has 1 heterocycles. The van der Waals surface area contributed by atoms with Crippen molar-refractivity contribution in [2.45, 2.75) is 6.92 Å². The first kappa shape index (κ1) is 22.3. The van der Waals surface area contributed by atoms with Crippen LogP contribution in [-0.2, 0) is 9.59 Å². The van der Waals surface area contributed by atoms with E-state index < -0.39 is 4.92 Å². The Bertz CT molecular complexity index is 959. The lowest BCUT2D eigenvalue weighted by Gasteiger charge is -2.33. The van der Waals surface area contributed by atoms with Crippen molar-refractivity contribution in [3.63, 3.8) is 0 Å². The van der Waals surface area contributed by atoms with Crippen LogP contribution >= 0.6 is 0 Å². The molecule has 0 unspecified atom stereocenters. The van der Waals surface area contributed by atoms with E-state index in [1.165, 1.54) is 42.5 Å². The minimum atomic E-state index is -0.474. The van der Waals surface area contributed by atoms with Crippen LogP contribution in [0.25, 0.3) is 0 Å². The summed E-state index contributed by atoms with van der Waals surface area (Å²) < 4.78 is 12.9. The van der Waals surface area contributed by atoms with Gasteiger partial charge in [-0.1, -0.05) is 0 Å². The maximum atomic E-state index is 12.9. The highest BCUT2D eigenvalue weighted by Crippen LogP contribution is 2.21. The topological polar surface area (TPSA) is 108 Å². The fraction of sp³-hybridized carbons (Fsp3) is 0.333. The van der Waals surface area contributed by atoms with E-state index in [2.05, 4.69) is 10.6 Å². The fourth-order valence-electron chi connectivity index (χ4n) is 3.34. The number of nitro benzene ring substituents is 1. The number of nitrogens with zero attached hydrogens (tertiary/aromatic N) is 3. The third-order valence-electron chi connectivity index (χ3n) is 5.02. The van der Waals surface area contributed by atoms with Gasteiger partial charge >= 0.3 is 0 Å². The molecule has 1 fully saturated rings. The van der Waals surface area contributed by atoms with E-state index in [0.717, 1.165) is 0 Å². The van der Waals surface area contributed by atoms with E-state index >= 15 is 0 Å². The van der Waals surface area contributed by atoms with Gasteiger partial charge in [0.15, 0.2) is 0 Å².